The van der Waals surface area contributed by atoms with Crippen LogP contribution in [0.2, 0.25) is 0 Å². The SMILES string of the molecule is CCCCCCCc1ccc(-c2nc3ccc(CC)cc3[nH]2)nc1. The second kappa shape index (κ2) is 8.09. The van der Waals surface area contributed by atoms with Gasteiger partial charge in [0.15, 0.2) is 5.82 Å². The summed E-state index contributed by atoms with van der Waals surface area (Å²) >= 11 is 0. The molecule has 0 aliphatic heterocycles. The number of benzene rings is 1. The molecule has 0 aliphatic carbocycles. The smallest absolute Gasteiger partial charge is 0.157 e. The summed E-state index contributed by atoms with van der Waals surface area (Å²) in [6.07, 6.45) is 10.7. The van der Waals surface area contributed by atoms with Gasteiger partial charge in [-0.25, -0.2) is 4.98 Å². The number of nitrogens with zero attached hydrogens (tertiary/aromatic N) is 2. The third kappa shape index (κ3) is 4.02. The first-order valence-electron chi connectivity index (χ1n) is 9.24. The fourth-order valence-corrected chi connectivity index (χ4v) is 3.04. The van der Waals surface area contributed by atoms with Crippen LogP contribution < -0.4 is 0 Å². The maximum absolute atomic E-state index is 4.67. The normalized spacial score (nSPS) is 11.2. The van der Waals surface area contributed by atoms with Gasteiger partial charge < -0.3 is 4.98 Å². The first-order valence-corrected chi connectivity index (χ1v) is 9.24. The average molecular weight is 321 g/mol. The second-order valence-electron chi connectivity index (χ2n) is 6.51. The minimum Gasteiger partial charge on any atom is -0.337 e. The van der Waals surface area contributed by atoms with Crippen molar-refractivity contribution >= 4 is 11.0 Å². The lowest BCUT2D eigenvalue weighted by Crippen LogP contribution is -1.90. The zero-order chi connectivity index (χ0) is 16.8. The lowest BCUT2D eigenvalue weighted by molar-refractivity contribution is 0.632. The van der Waals surface area contributed by atoms with Crippen LogP contribution in [0.4, 0.5) is 0 Å². The molecule has 0 atom stereocenters. The Morgan fingerprint density at radius 1 is 0.917 bits per heavy atom. The standard InChI is InChI=1S/C21H27N3/c1-3-5-6-7-8-9-17-11-13-19(22-15-17)21-23-18-12-10-16(4-2)14-20(18)24-21/h10-15H,3-9H2,1-2H3,(H,23,24). The number of fused-ring (bicyclic) bond motifs is 1. The number of hydrogen-bond acceptors (Lipinski definition) is 2. The van der Waals surface area contributed by atoms with Gasteiger partial charge in [-0.3, -0.25) is 4.98 Å². The predicted molar refractivity (Wildman–Crippen MR) is 101 cm³/mol. The molecule has 2 heterocycles. The quantitative estimate of drug-likeness (QED) is 0.541. The maximum Gasteiger partial charge on any atom is 0.157 e. The molecule has 0 unspecified atom stereocenters. The van der Waals surface area contributed by atoms with Gasteiger partial charge in [0, 0.05) is 6.20 Å². The highest BCUT2D eigenvalue weighted by Crippen LogP contribution is 2.20. The van der Waals surface area contributed by atoms with E-state index in [2.05, 4.69) is 59.1 Å². The number of aromatic nitrogens is 3. The number of nitrogens with one attached hydrogen (secondary N) is 1. The molecule has 0 aliphatic rings. The molecule has 3 aromatic rings. The Kier molecular flexibility index (Phi) is 5.63. The highest BCUT2D eigenvalue weighted by molar-refractivity contribution is 5.79. The number of hydrogen-bond donors (Lipinski definition) is 1. The Bertz CT molecular complexity index is 771. The molecular formula is C21H27N3. The van der Waals surface area contributed by atoms with Crippen LogP contribution >= 0.6 is 0 Å². The van der Waals surface area contributed by atoms with Crippen molar-refractivity contribution in [3.05, 3.63) is 47.7 Å². The molecule has 0 fully saturated rings. The number of aromatic amines is 1. The first kappa shape index (κ1) is 16.7. The molecule has 1 N–H and O–H groups in total. The van der Waals surface area contributed by atoms with Crippen molar-refractivity contribution in [2.75, 3.05) is 0 Å². The van der Waals surface area contributed by atoms with Crippen LogP contribution in [0.15, 0.2) is 36.5 Å². The van der Waals surface area contributed by atoms with Gasteiger partial charge in [-0.1, -0.05) is 51.7 Å². The maximum atomic E-state index is 4.67. The van der Waals surface area contributed by atoms with E-state index in [9.17, 15) is 0 Å². The first-order chi connectivity index (χ1) is 11.8. The molecule has 2 aromatic heterocycles. The van der Waals surface area contributed by atoms with Crippen molar-refractivity contribution < 1.29 is 0 Å². The van der Waals surface area contributed by atoms with E-state index in [1.165, 1.54) is 43.2 Å². The molecule has 24 heavy (non-hydrogen) atoms. The molecule has 3 nitrogen and oxygen atoms in total. The Labute approximate surface area is 144 Å². The topological polar surface area (TPSA) is 41.6 Å². The van der Waals surface area contributed by atoms with E-state index < -0.39 is 0 Å². The number of rotatable bonds is 8. The summed E-state index contributed by atoms with van der Waals surface area (Å²) in [5, 5.41) is 0. The molecule has 0 saturated heterocycles. The summed E-state index contributed by atoms with van der Waals surface area (Å²) in [6, 6.07) is 10.7. The fraction of sp³-hybridized carbons (Fsp3) is 0.429. The van der Waals surface area contributed by atoms with E-state index in [4.69, 9.17) is 0 Å². The lowest BCUT2D eigenvalue weighted by atomic mass is 10.1. The van der Waals surface area contributed by atoms with Crippen molar-refractivity contribution in [3.8, 4) is 11.5 Å². The van der Waals surface area contributed by atoms with Crippen LogP contribution in [0.3, 0.4) is 0 Å². The molecule has 0 saturated carbocycles. The second-order valence-corrected chi connectivity index (χ2v) is 6.51. The Balaban J connectivity index is 1.66. The number of unbranched alkanes of at least 4 members (excludes halogenated alkanes) is 4. The third-order valence-corrected chi connectivity index (χ3v) is 4.59. The molecule has 1 aromatic carbocycles. The van der Waals surface area contributed by atoms with Gasteiger partial charge in [-0.15, -0.1) is 0 Å². The summed E-state index contributed by atoms with van der Waals surface area (Å²) in [6.45, 7) is 4.42. The van der Waals surface area contributed by atoms with Gasteiger partial charge in [-0.2, -0.15) is 0 Å². The Hall–Kier alpha value is -2.16. The van der Waals surface area contributed by atoms with Gasteiger partial charge in [0.25, 0.3) is 0 Å². The number of aryl methyl sites for hydroxylation is 2. The van der Waals surface area contributed by atoms with Crippen LogP contribution in [-0.4, -0.2) is 15.0 Å². The van der Waals surface area contributed by atoms with Gasteiger partial charge in [0.2, 0.25) is 0 Å². The van der Waals surface area contributed by atoms with E-state index in [1.54, 1.807) is 0 Å². The van der Waals surface area contributed by atoms with Crippen LogP contribution in [0, 0.1) is 0 Å². The van der Waals surface area contributed by atoms with Gasteiger partial charge in [0.1, 0.15) is 5.69 Å². The Morgan fingerprint density at radius 3 is 2.50 bits per heavy atom. The van der Waals surface area contributed by atoms with Gasteiger partial charge >= 0.3 is 0 Å². The molecule has 126 valence electrons. The number of H-pyrrole nitrogens is 1. The van der Waals surface area contributed by atoms with E-state index in [0.717, 1.165) is 35.4 Å². The van der Waals surface area contributed by atoms with Crippen molar-refractivity contribution in [1.29, 1.82) is 0 Å². The zero-order valence-corrected chi connectivity index (χ0v) is 14.8. The van der Waals surface area contributed by atoms with E-state index in [-0.39, 0.29) is 0 Å². The van der Waals surface area contributed by atoms with E-state index in [0.29, 0.717) is 0 Å². The van der Waals surface area contributed by atoms with Gasteiger partial charge in [-0.05, 0) is 48.6 Å². The monoisotopic (exact) mass is 321 g/mol. The number of imidazole rings is 1. The van der Waals surface area contributed by atoms with Gasteiger partial charge in [0.05, 0.1) is 11.0 Å². The Morgan fingerprint density at radius 2 is 1.75 bits per heavy atom. The molecule has 0 amide bonds. The highest BCUT2D eigenvalue weighted by atomic mass is 14.9. The third-order valence-electron chi connectivity index (χ3n) is 4.59. The van der Waals surface area contributed by atoms with Crippen LogP contribution in [0.25, 0.3) is 22.6 Å². The van der Waals surface area contributed by atoms with Crippen LogP contribution in [-0.2, 0) is 12.8 Å². The predicted octanol–water partition coefficient (Wildman–Crippen LogP) is 5.70. The molecule has 0 radical (unpaired) electrons. The fourth-order valence-electron chi connectivity index (χ4n) is 3.04. The molecule has 3 rings (SSSR count). The molecule has 0 spiro atoms. The lowest BCUT2D eigenvalue weighted by Gasteiger charge is -2.02. The zero-order valence-electron chi connectivity index (χ0n) is 14.8. The molecule has 0 bridgehead atoms. The van der Waals surface area contributed by atoms with E-state index in [1.807, 2.05) is 6.20 Å². The average Bonchev–Trinajstić information content (AvgIpc) is 3.05. The summed E-state index contributed by atoms with van der Waals surface area (Å²) in [7, 11) is 0. The minimum absolute atomic E-state index is 0.854. The largest absolute Gasteiger partial charge is 0.337 e. The summed E-state index contributed by atoms with van der Waals surface area (Å²) in [5.41, 5.74) is 5.65. The summed E-state index contributed by atoms with van der Waals surface area (Å²) in [4.78, 5) is 12.7. The van der Waals surface area contributed by atoms with Crippen LogP contribution in [0.1, 0.15) is 57.1 Å². The summed E-state index contributed by atoms with van der Waals surface area (Å²) < 4.78 is 0. The van der Waals surface area contributed by atoms with Crippen molar-refractivity contribution in [2.45, 2.75) is 58.8 Å². The summed E-state index contributed by atoms with van der Waals surface area (Å²) in [5.74, 6) is 0.854. The van der Waals surface area contributed by atoms with E-state index >= 15 is 0 Å². The van der Waals surface area contributed by atoms with Crippen molar-refractivity contribution in [1.82, 2.24) is 15.0 Å². The molecular weight excluding hydrogens is 294 g/mol. The minimum atomic E-state index is 0.854. The van der Waals surface area contributed by atoms with Crippen molar-refractivity contribution in [3.63, 3.8) is 0 Å². The van der Waals surface area contributed by atoms with Crippen molar-refractivity contribution in [2.24, 2.45) is 0 Å². The molecule has 3 heteroatoms. The van der Waals surface area contributed by atoms with Crippen LogP contribution in [0.5, 0.6) is 0 Å². The number of pyridine rings is 1. The highest BCUT2D eigenvalue weighted by Gasteiger charge is 2.07.